The Morgan fingerprint density at radius 1 is 1.14 bits per heavy atom. The molecule has 36 heavy (non-hydrogen) atoms. The van der Waals surface area contributed by atoms with Gasteiger partial charge >= 0.3 is 5.97 Å². The number of benzene rings is 2. The fraction of sp³-hybridized carbons (Fsp3) is 0.393. The lowest BCUT2D eigenvalue weighted by molar-refractivity contribution is -0.151. The second kappa shape index (κ2) is 9.05. The number of hydrogen-bond donors (Lipinski definition) is 3. The van der Waals surface area contributed by atoms with Gasteiger partial charge in [0, 0.05) is 29.1 Å². The number of piperidine rings is 1. The summed E-state index contributed by atoms with van der Waals surface area (Å²) < 4.78 is 0. The molecule has 2 amide bonds. The maximum absolute atomic E-state index is 13.6. The highest BCUT2D eigenvalue weighted by Gasteiger charge is 2.62. The van der Waals surface area contributed by atoms with Crippen LogP contribution >= 0.6 is 11.6 Å². The van der Waals surface area contributed by atoms with E-state index in [2.05, 4.69) is 11.9 Å². The number of hydrogen-bond acceptors (Lipinski definition) is 4. The second-order valence-electron chi connectivity index (χ2n) is 10.4. The smallest absolute Gasteiger partial charge is 0.335 e. The first kappa shape index (κ1) is 25.9. The first-order chi connectivity index (χ1) is 16.8. The van der Waals surface area contributed by atoms with Crippen LogP contribution < -0.4 is 5.32 Å². The summed E-state index contributed by atoms with van der Waals surface area (Å²) in [6, 6.07) is 8.96. The highest BCUT2D eigenvalue weighted by molar-refractivity contribution is 6.30. The predicted molar refractivity (Wildman–Crippen MR) is 137 cm³/mol. The van der Waals surface area contributed by atoms with Crippen molar-refractivity contribution in [2.24, 2.45) is 0 Å². The van der Waals surface area contributed by atoms with Crippen molar-refractivity contribution in [1.82, 2.24) is 10.2 Å². The maximum atomic E-state index is 13.6. The van der Waals surface area contributed by atoms with E-state index in [-0.39, 0.29) is 29.5 Å². The molecule has 3 N–H and O–H groups in total. The van der Waals surface area contributed by atoms with Crippen LogP contribution in [-0.4, -0.2) is 52.0 Å². The van der Waals surface area contributed by atoms with Gasteiger partial charge in [0.25, 0.3) is 5.91 Å². The number of carbonyl (C=O) groups is 3. The van der Waals surface area contributed by atoms with Gasteiger partial charge in [0.2, 0.25) is 5.91 Å². The SMILES string of the molecule is C=C(C)[C@@H](NC(=O)c1ccc(C(C)C)c(C(=O)O)c1)C(=O)N1CC[C@]2(O)c3ccc(Cl)cc3C2(C)C1. The number of halogens is 1. The normalized spacial score (nSPS) is 23.2. The molecule has 2 aromatic carbocycles. The third-order valence-corrected chi connectivity index (χ3v) is 7.91. The zero-order valence-corrected chi connectivity index (χ0v) is 21.6. The van der Waals surface area contributed by atoms with E-state index in [1.165, 1.54) is 6.07 Å². The van der Waals surface area contributed by atoms with Crippen LogP contribution in [0.15, 0.2) is 48.6 Å². The zero-order chi connectivity index (χ0) is 26.6. The van der Waals surface area contributed by atoms with E-state index in [1.54, 1.807) is 30.0 Å². The van der Waals surface area contributed by atoms with E-state index in [0.29, 0.717) is 29.1 Å². The van der Waals surface area contributed by atoms with Crippen LogP contribution in [0.25, 0.3) is 0 Å². The molecule has 2 aromatic rings. The van der Waals surface area contributed by atoms with Gasteiger partial charge in [-0.2, -0.15) is 0 Å². The Kier molecular flexibility index (Phi) is 6.52. The topological polar surface area (TPSA) is 107 Å². The first-order valence-corrected chi connectivity index (χ1v) is 12.3. The molecule has 1 saturated heterocycles. The fourth-order valence-corrected chi connectivity index (χ4v) is 5.71. The Labute approximate surface area is 215 Å². The molecule has 3 atom stereocenters. The third-order valence-electron chi connectivity index (χ3n) is 7.68. The Morgan fingerprint density at radius 3 is 2.44 bits per heavy atom. The van der Waals surface area contributed by atoms with Crippen LogP contribution in [0.5, 0.6) is 0 Å². The molecule has 4 rings (SSSR count). The number of carboxylic acid groups (broad SMARTS) is 1. The second-order valence-corrected chi connectivity index (χ2v) is 10.8. The van der Waals surface area contributed by atoms with Crippen molar-refractivity contribution < 1.29 is 24.6 Å². The van der Waals surface area contributed by atoms with Gasteiger partial charge in [-0.3, -0.25) is 9.59 Å². The van der Waals surface area contributed by atoms with Crippen molar-refractivity contribution >= 4 is 29.4 Å². The maximum Gasteiger partial charge on any atom is 0.335 e. The Hall–Kier alpha value is -3.16. The van der Waals surface area contributed by atoms with Crippen LogP contribution in [0.4, 0.5) is 0 Å². The molecule has 190 valence electrons. The van der Waals surface area contributed by atoms with E-state index in [1.807, 2.05) is 32.9 Å². The zero-order valence-electron chi connectivity index (χ0n) is 20.9. The minimum absolute atomic E-state index is 0.0245. The molecule has 0 saturated carbocycles. The molecule has 0 spiro atoms. The predicted octanol–water partition coefficient (Wildman–Crippen LogP) is 4.23. The lowest BCUT2D eigenvalue weighted by atomic mass is 9.51. The summed E-state index contributed by atoms with van der Waals surface area (Å²) in [6.07, 6.45) is 0.360. The Bertz CT molecular complexity index is 1290. The first-order valence-electron chi connectivity index (χ1n) is 12.0. The number of carbonyl (C=O) groups excluding carboxylic acids is 2. The van der Waals surface area contributed by atoms with Crippen molar-refractivity contribution in [3.8, 4) is 0 Å². The van der Waals surface area contributed by atoms with Crippen LogP contribution in [-0.2, 0) is 15.8 Å². The number of nitrogens with zero attached hydrogens (tertiary/aromatic N) is 1. The summed E-state index contributed by atoms with van der Waals surface area (Å²) in [5, 5.41) is 24.3. The van der Waals surface area contributed by atoms with E-state index in [9.17, 15) is 24.6 Å². The largest absolute Gasteiger partial charge is 0.478 e. The number of amides is 2. The lowest BCUT2D eigenvalue weighted by Gasteiger charge is -2.60. The van der Waals surface area contributed by atoms with E-state index < -0.39 is 28.9 Å². The van der Waals surface area contributed by atoms with Crippen LogP contribution in [0.1, 0.15) is 77.4 Å². The lowest BCUT2D eigenvalue weighted by Crippen LogP contribution is -2.68. The molecule has 0 aromatic heterocycles. The average molecular weight is 511 g/mol. The minimum atomic E-state index is -1.11. The third kappa shape index (κ3) is 4.00. The molecular weight excluding hydrogens is 480 g/mol. The molecule has 0 bridgehead atoms. The van der Waals surface area contributed by atoms with Crippen molar-refractivity contribution in [3.05, 3.63) is 81.4 Å². The van der Waals surface area contributed by atoms with E-state index >= 15 is 0 Å². The van der Waals surface area contributed by atoms with Gasteiger partial charge in [0.1, 0.15) is 11.6 Å². The summed E-state index contributed by atoms with van der Waals surface area (Å²) in [5.74, 6) is -2.03. The minimum Gasteiger partial charge on any atom is -0.478 e. The van der Waals surface area contributed by atoms with Gasteiger partial charge < -0.3 is 20.4 Å². The fourth-order valence-electron chi connectivity index (χ4n) is 5.54. The van der Waals surface area contributed by atoms with Gasteiger partial charge in [-0.15, -0.1) is 0 Å². The van der Waals surface area contributed by atoms with Crippen LogP contribution in [0.3, 0.4) is 0 Å². The number of likely N-dealkylation sites (tertiary alicyclic amines) is 1. The molecule has 1 aliphatic carbocycles. The number of nitrogens with one attached hydrogen (secondary N) is 1. The molecule has 0 radical (unpaired) electrons. The average Bonchev–Trinajstić information content (AvgIpc) is 2.82. The van der Waals surface area contributed by atoms with Gasteiger partial charge in [-0.1, -0.05) is 51.1 Å². The molecule has 1 fully saturated rings. The molecule has 2 aliphatic rings. The van der Waals surface area contributed by atoms with Crippen molar-refractivity contribution in [1.29, 1.82) is 0 Å². The highest BCUT2D eigenvalue weighted by atomic mass is 35.5. The van der Waals surface area contributed by atoms with Gasteiger partial charge in [-0.05, 0) is 65.8 Å². The number of aromatic carboxylic acids is 1. The molecule has 8 heteroatoms. The monoisotopic (exact) mass is 510 g/mol. The van der Waals surface area contributed by atoms with Crippen molar-refractivity contribution in [2.75, 3.05) is 13.1 Å². The van der Waals surface area contributed by atoms with E-state index in [4.69, 9.17) is 11.6 Å². The Morgan fingerprint density at radius 2 is 1.83 bits per heavy atom. The standard InChI is InChI=1S/C28H31ClN2O5/c1-15(2)19-8-6-17(12-20(19)26(34)35)24(32)30-23(16(3)4)25(33)31-11-10-28(36)21-9-7-18(29)13-22(21)27(28,5)14-31/h6-9,12-13,15,23,36H,3,10-11,14H2,1-2,4-5H3,(H,30,32)(H,34,35)/t23-,27?,28+/m1/s1. The number of rotatable bonds is 6. The summed E-state index contributed by atoms with van der Waals surface area (Å²) in [4.78, 5) is 40.0. The van der Waals surface area contributed by atoms with Crippen molar-refractivity contribution in [3.63, 3.8) is 0 Å². The molecule has 1 heterocycles. The number of carboxylic acids is 1. The van der Waals surface area contributed by atoms with Gasteiger partial charge in [0.05, 0.1) is 5.56 Å². The highest BCUT2D eigenvalue weighted by Crippen LogP contribution is 2.59. The van der Waals surface area contributed by atoms with Gasteiger partial charge in [-0.25, -0.2) is 4.79 Å². The molecule has 1 aliphatic heterocycles. The number of fused-ring (bicyclic) bond motifs is 4. The molecule has 7 nitrogen and oxygen atoms in total. The molecular formula is C28H31ClN2O5. The van der Waals surface area contributed by atoms with Crippen molar-refractivity contribution in [2.45, 2.75) is 57.1 Å². The molecule has 1 unspecified atom stereocenters. The Balaban J connectivity index is 1.56. The summed E-state index contributed by atoms with van der Waals surface area (Å²) in [6.45, 7) is 11.8. The summed E-state index contributed by atoms with van der Waals surface area (Å²) >= 11 is 6.20. The van der Waals surface area contributed by atoms with Crippen LogP contribution in [0, 0.1) is 0 Å². The van der Waals surface area contributed by atoms with E-state index in [0.717, 1.165) is 11.1 Å². The summed E-state index contributed by atoms with van der Waals surface area (Å²) in [5.41, 5.74) is 1.31. The van der Waals surface area contributed by atoms with Crippen LogP contribution in [0.2, 0.25) is 5.02 Å². The summed E-state index contributed by atoms with van der Waals surface area (Å²) in [7, 11) is 0. The number of aliphatic hydroxyl groups is 1. The van der Waals surface area contributed by atoms with Gasteiger partial charge in [0.15, 0.2) is 0 Å². The quantitative estimate of drug-likeness (QED) is 0.504.